The summed E-state index contributed by atoms with van der Waals surface area (Å²) in [4.78, 5) is 39.2. The summed E-state index contributed by atoms with van der Waals surface area (Å²) in [6.07, 6.45) is 0. The van der Waals surface area contributed by atoms with Crippen molar-refractivity contribution in [3.63, 3.8) is 0 Å². The van der Waals surface area contributed by atoms with E-state index in [1.54, 1.807) is 48.5 Å². The van der Waals surface area contributed by atoms with Crippen molar-refractivity contribution < 1.29 is 19.1 Å². The topological polar surface area (TPSA) is 109 Å². The van der Waals surface area contributed by atoms with E-state index in [0.717, 1.165) is 16.9 Å². The Morgan fingerprint density at radius 3 is 2.33 bits per heavy atom. The van der Waals surface area contributed by atoms with Crippen LogP contribution in [0.2, 0.25) is 5.02 Å². The molecule has 2 aromatic carbocycles. The number of hydrogen-bond donors (Lipinski definition) is 3. The SMILES string of the molecule is CC(=O)Nc1nc(C(=O)NNC(=O)c2ccc(COc3ccc(Cl)cc3)cc2)cs1. The summed E-state index contributed by atoms with van der Waals surface area (Å²) in [5, 5.41) is 4.89. The number of ether oxygens (including phenoxy) is 1. The zero-order valence-electron chi connectivity index (χ0n) is 15.8. The first kappa shape index (κ1) is 21.3. The number of aromatic nitrogens is 1. The molecule has 30 heavy (non-hydrogen) atoms. The Hall–Kier alpha value is -3.43. The van der Waals surface area contributed by atoms with Crippen molar-refractivity contribution in [3.8, 4) is 5.75 Å². The van der Waals surface area contributed by atoms with Gasteiger partial charge in [0.2, 0.25) is 5.91 Å². The molecule has 8 nitrogen and oxygen atoms in total. The molecule has 3 rings (SSSR count). The maximum atomic E-state index is 12.2. The predicted octanol–water partition coefficient (Wildman–Crippen LogP) is 3.41. The van der Waals surface area contributed by atoms with Crippen molar-refractivity contribution >= 4 is 45.8 Å². The van der Waals surface area contributed by atoms with Gasteiger partial charge in [0.1, 0.15) is 18.1 Å². The summed E-state index contributed by atoms with van der Waals surface area (Å²) >= 11 is 6.94. The van der Waals surface area contributed by atoms with Gasteiger partial charge in [-0.15, -0.1) is 11.3 Å². The largest absolute Gasteiger partial charge is 0.489 e. The highest BCUT2D eigenvalue weighted by molar-refractivity contribution is 7.14. The molecule has 0 radical (unpaired) electrons. The van der Waals surface area contributed by atoms with E-state index in [9.17, 15) is 14.4 Å². The Morgan fingerprint density at radius 1 is 1.00 bits per heavy atom. The molecule has 0 saturated heterocycles. The molecule has 0 saturated carbocycles. The molecule has 3 amide bonds. The number of hydrogen-bond acceptors (Lipinski definition) is 6. The van der Waals surface area contributed by atoms with Crippen molar-refractivity contribution in [2.45, 2.75) is 13.5 Å². The lowest BCUT2D eigenvalue weighted by molar-refractivity contribution is -0.114. The molecule has 1 aromatic heterocycles. The molecule has 3 aromatic rings. The van der Waals surface area contributed by atoms with Crippen LogP contribution in [0.4, 0.5) is 5.13 Å². The summed E-state index contributed by atoms with van der Waals surface area (Å²) in [6, 6.07) is 13.8. The van der Waals surface area contributed by atoms with E-state index >= 15 is 0 Å². The zero-order valence-corrected chi connectivity index (χ0v) is 17.3. The maximum absolute atomic E-state index is 12.2. The van der Waals surface area contributed by atoms with Gasteiger partial charge in [0, 0.05) is 22.9 Å². The van der Waals surface area contributed by atoms with Crippen molar-refractivity contribution in [3.05, 3.63) is 75.8 Å². The van der Waals surface area contributed by atoms with Crippen LogP contribution in [0, 0.1) is 0 Å². The van der Waals surface area contributed by atoms with E-state index < -0.39 is 11.8 Å². The Balaban J connectivity index is 1.49. The highest BCUT2D eigenvalue weighted by Gasteiger charge is 2.13. The van der Waals surface area contributed by atoms with Crippen LogP contribution in [0.25, 0.3) is 0 Å². The van der Waals surface area contributed by atoms with Gasteiger partial charge in [0.15, 0.2) is 5.13 Å². The number of hydrazine groups is 1. The molecule has 154 valence electrons. The number of nitrogens with zero attached hydrogens (tertiary/aromatic N) is 1. The zero-order chi connectivity index (χ0) is 21.5. The van der Waals surface area contributed by atoms with Gasteiger partial charge in [-0.3, -0.25) is 25.2 Å². The lowest BCUT2D eigenvalue weighted by Gasteiger charge is -2.08. The molecule has 0 bridgehead atoms. The second-order valence-electron chi connectivity index (χ2n) is 6.07. The standard InChI is InChI=1S/C20H17ClN4O4S/c1-12(26)22-20-23-17(11-30-20)19(28)25-24-18(27)14-4-2-13(3-5-14)10-29-16-8-6-15(21)7-9-16/h2-9,11H,10H2,1H3,(H,24,27)(H,25,28)(H,22,23,26). The van der Waals surface area contributed by atoms with E-state index in [1.165, 1.54) is 12.3 Å². The van der Waals surface area contributed by atoms with Crippen LogP contribution in [0.5, 0.6) is 5.75 Å². The van der Waals surface area contributed by atoms with Crippen molar-refractivity contribution in [1.29, 1.82) is 0 Å². The van der Waals surface area contributed by atoms with Crippen LogP contribution in [-0.2, 0) is 11.4 Å². The number of benzene rings is 2. The number of nitrogens with one attached hydrogen (secondary N) is 3. The maximum Gasteiger partial charge on any atom is 0.289 e. The first-order valence-corrected chi connectivity index (χ1v) is 9.97. The van der Waals surface area contributed by atoms with E-state index in [-0.39, 0.29) is 11.6 Å². The molecule has 3 N–H and O–H groups in total. The second-order valence-corrected chi connectivity index (χ2v) is 7.36. The fourth-order valence-electron chi connectivity index (χ4n) is 2.29. The summed E-state index contributed by atoms with van der Waals surface area (Å²) in [7, 11) is 0. The van der Waals surface area contributed by atoms with Crippen molar-refractivity contribution in [1.82, 2.24) is 15.8 Å². The number of carbonyl (C=O) groups excluding carboxylic acids is 3. The van der Waals surface area contributed by atoms with Crippen LogP contribution in [0.15, 0.2) is 53.9 Å². The van der Waals surface area contributed by atoms with Gasteiger partial charge in [0.05, 0.1) is 0 Å². The Labute approximate surface area is 181 Å². The third kappa shape index (κ3) is 6.03. The Kier molecular flexibility index (Phi) is 6.99. The van der Waals surface area contributed by atoms with E-state index in [0.29, 0.717) is 28.1 Å². The smallest absolute Gasteiger partial charge is 0.289 e. The molecular formula is C20H17ClN4O4S. The fourth-order valence-corrected chi connectivity index (χ4v) is 3.15. The molecule has 0 fully saturated rings. The Bertz CT molecular complexity index is 1050. The number of anilines is 1. The first-order chi connectivity index (χ1) is 14.4. The van der Waals surface area contributed by atoms with Gasteiger partial charge in [-0.25, -0.2) is 4.98 Å². The fraction of sp³-hybridized carbons (Fsp3) is 0.100. The summed E-state index contributed by atoms with van der Waals surface area (Å²) < 4.78 is 5.65. The minimum atomic E-state index is -0.593. The average Bonchev–Trinajstić information content (AvgIpc) is 3.19. The monoisotopic (exact) mass is 444 g/mol. The number of halogens is 1. The van der Waals surface area contributed by atoms with Crippen molar-refractivity contribution in [2.24, 2.45) is 0 Å². The van der Waals surface area contributed by atoms with Crippen LogP contribution in [-0.4, -0.2) is 22.7 Å². The molecule has 10 heteroatoms. The highest BCUT2D eigenvalue weighted by Crippen LogP contribution is 2.17. The van der Waals surface area contributed by atoms with Gasteiger partial charge in [-0.1, -0.05) is 23.7 Å². The highest BCUT2D eigenvalue weighted by atomic mass is 35.5. The number of carbonyl (C=O) groups is 3. The normalized spacial score (nSPS) is 10.2. The first-order valence-electron chi connectivity index (χ1n) is 8.72. The number of amides is 3. The molecule has 0 aliphatic rings. The van der Waals surface area contributed by atoms with E-state index in [4.69, 9.17) is 16.3 Å². The number of thiazole rings is 1. The van der Waals surface area contributed by atoms with Crippen LogP contribution < -0.4 is 20.9 Å². The van der Waals surface area contributed by atoms with E-state index in [1.807, 2.05) is 0 Å². The van der Waals surface area contributed by atoms with Crippen LogP contribution in [0.3, 0.4) is 0 Å². The van der Waals surface area contributed by atoms with Crippen LogP contribution in [0.1, 0.15) is 33.3 Å². The number of rotatable bonds is 6. The van der Waals surface area contributed by atoms with Gasteiger partial charge < -0.3 is 10.1 Å². The van der Waals surface area contributed by atoms with Gasteiger partial charge in [0.25, 0.3) is 11.8 Å². The van der Waals surface area contributed by atoms with Crippen LogP contribution >= 0.6 is 22.9 Å². The lowest BCUT2D eigenvalue weighted by atomic mass is 10.1. The molecule has 0 aliphatic heterocycles. The molecular weight excluding hydrogens is 428 g/mol. The van der Waals surface area contributed by atoms with Gasteiger partial charge in [-0.05, 0) is 42.0 Å². The predicted molar refractivity (Wildman–Crippen MR) is 114 cm³/mol. The third-order valence-corrected chi connectivity index (χ3v) is 4.75. The summed E-state index contributed by atoms with van der Waals surface area (Å²) in [6.45, 7) is 1.68. The van der Waals surface area contributed by atoms with Gasteiger partial charge >= 0.3 is 0 Å². The lowest BCUT2D eigenvalue weighted by Crippen LogP contribution is -2.41. The summed E-state index contributed by atoms with van der Waals surface area (Å²) in [5.41, 5.74) is 5.93. The van der Waals surface area contributed by atoms with Gasteiger partial charge in [-0.2, -0.15) is 0 Å². The second kappa shape index (κ2) is 9.86. The molecule has 1 heterocycles. The molecule has 0 spiro atoms. The quantitative estimate of drug-likeness (QED) is 0.505. The van der Waals surface area contributed by atoms with E-state index in [2.05, 4.69) is 21.2 Å². The average molecular weight is 445 g/mol. The van der Waals surface area contributed by atoms with Crippen molar-refractivity contribution in [2.75, 3.05) is 5.32 Å². The summed E-state index contributed by atoms with van der Waals surface area (Å²) in [5.74, 6) is -0.672. The molecule has 0 atom stereocenters. The third-order valence-electron chi connectivity index (χ3n) is 3.74. The minimum Gasteiger partial charge on any atom is -0.489 e. The molecule has 0 unspecified atom stereocenters. The minimum absolute atomic E-state index is 0.0822. The molecule has 0 aliphatic carbocycles. The Morgan fingerprint density at radius 2 is 1.67 bits per heavy atom.